The fourth-order valence-corrected chi connectivity index (χ4v) is 8.15. The summed E-state index contributed by atoms with van der Waals surface area (Å²) in [6, 6.07) is 6.51. The monoisotopic (exact) mass is 515 g/mol. The van der Waals surface area contributed by atoms with Crippen molar-refractivity contribution in [3.63, 3.8) is 0 Å². The van der Waals surface area contributed by atoms with Crippen LogP contribution in [-0.2, 0) is 16.0 Å². The molecule has 1 saturated heterocycles. The van der Waals surface area contributed by atoms with Crippen LogP contribution < -0.4 is 5.32 Å². The zero-order chi connectivity index (χ0) is 25.4. The molecule has 1 aromatic carbocycles. The van der Waals surface area contributed by atoms with E-state index in [9.17, 15) is 14.3 Å². The Morgan fingerprint density at radius 3 is 2.78 bits per heavy atom. The van der Waals surface area contributed by atoms with Gasteiger partial charge in [-0.25, -0.2) is 9.37 Å². The number of morpholine rings is 1. The Balaban J connectivity index is 1.27. The second-order valence-corrected chi connectivity index (χ2v) is 12.3. The lowest BCUT2D eigenvalue weighted by Crippen LogP contribution is -2.53. The van der Waals surface area contributed by atoms with E-state index in [0.717, 1.165) is 68.4 Å². The fourth-order valence-electron chi connectivity index (χ4n) is 6.78. The molecule has 3 aliphatic rings. The molecule has 196 valence electrons. The van der Waals surface area contributed by atoms with Crippen molar-refractivity contribution in [2.45, 2.75) is 52.1 Å². The highest BCUT2D eigenvalue weighted by Crippen LogP contribution is 2.57. The van der Waals surface area contributed by atoms with E-state index >= 15 is 0 Å². The van der Waals surface area contributed by atoms with Crippen molar-refractivity contribution in [2.24, 2.45) is 23.2 Å². The van der Waals surface area contributed by atoms with Crippen molar-refractivity contribution in [3.05, 3.63) is 40.7 Å². The standard InChI is InChI=1S/C28H38FN3O3S/c1-17(26(34)30-10-11-32-12-14-35-15-13-32)21-8-9-28(3)16-22-24(18(2)23(28)25(21)33)31-27(36-22)19-4-6-20(29)7-5-19/h4-7,17-18,21,23,25,33H,8-16H2,1-3H3,(H,30,34)/t17-,18-,21?,23+,25-,28-/m0/s1. The van der Waals surface area contributed by atoms with Gasteiger partial charge in [-0.1, -0.05) is 20.8 Å². The Bertz CT molecular complexity index is 1070. The number of aliphatic hydroxyl groups is 1. The predicted octanol–water partition coefficient (Wildman–Crippen LogP) is 4.09. The van der Waals surface area contributed by atoms with Crippen LogP contribution in [0.1, 0.15) is 50.1 Å². The number of thiazole rings is 1. The van der Waals surface area contributed by atoms with Gasteiger partial charge in [0, 0.05) is 48.5 Å². The minimum Gasteiger partial charge on any atom is -0.392 e. The summed E-state index contributed by atoms with van der Waals surface area (Å²) in [6.07, 6.45) is 2.17. The Labute approximate surface area is 217 Å². The van der Waals surface area contributed by atoms with Crippen LogP contribution in [0, 0.1) is 29.0 Å². The summed E-state index contributed by atoms with van der Waals surface area (Å²) in [5, 5.41) is 15.7. The number of aliphatic hydroxyl groups excluding tert-OH is 1. The molecule has 1 saturated carbocycles. The van der Waals surface area contributed by atoms with Crippen LogP contribution in [0.3, 0.4) is 0 Å². The first-order valence-corrected chi connectivity index (χ1v) is 14.1. The van der Waals surface area contributed by atoms with Crippen molar-refractivity contribution < 1.29 is 19.0 Å². The highest BCUT2D eigenvalue weighted by molar-refractivity contribution is 7.15. The van der Waals surface area contributed by atoms with Gasteiger partial charge >= 0.3 is 0 Å². The SMILES string of the molecule is C[C@H](C(=O)NCCN1CCOCC1)C1CC[C@@]2(C)Cc3sc(-c4ccc(F)cc4)nc3[C@@H](C)[C@@H]2[C@H]1O. The van der Waals surface area contributed by atoms with Crippen molar-refractivity contribution in [3.8, 4) is 10.6 Å². The Morgan fingerprint density at radius 1 is 1.33 bits per heavy atom. The number of nitrogens with zero attached hydrogens (tertiary/aromatic N) is 2. The van der Waals surface area contributed by atoms with Gasteiger partial charge in [0.1, 0.15) is 10.8 Å². The number of aromatic nitrogens is 1. The minimum atomic E-state index is -0.553. The molecule has 0 spiro atoms. The second kappa shape index (κ2) is 10.5. The lowest BCUT2D eigenvalue weighted by atomic mass is 9.53. The van der Waals surface area contributed by atoms with Crippen LogP contribution in [0.2, 0.25) is 0 Å². The molecule has 1 aromatic heterocycles. The Morgan fingerprint density at radius 2 is 2.06 bits per heavy atom. The van der Waals surface area contributed by atoms with Gasteiger partial charge in [-0.05, 0) is 60.8 Å². The maximum Gasteiger partial charge on any atom is 0.223 e. The summed E-state index contributed by atoms with van der Waals surface area (Å²) in [5.41, 5.74) is 1.96. The highest BCUT2D eigenvalue weighted by Gasteiger charge is 2.53. The predicted molar refractivity (Wildman–Crippen MR) is 139 cm³/mol. The maximum atomic E-state index is 13.4. The number of halogens is 1. The molecule has 6 atom stereocenters. The molecule has 5 rings (SSSR count). The van der Waals surface area contributed by atoms with Gasteiger partial charge in [0.15, 0.2) is 0 Å². The summed E-state index contributed by atoms with van der Waals surface area (Å²) < 4.78 is 18.8. The van der Waals surface area contributed by atoms with Gasteiger partial charge in [0.2, 0.25) is 5.91 Å². The van der Waals surface area contributed by atoms with E-state index in [-0.39, 0.29) is 40.8 Å². The third-order valence-corrected chi connectivity index (χ3v) is 10.0. The molecule has 8 heteroatoms. The Hall–Kier alpha value is -1.87. The number of nitrogens with one attached hydrogen (secondary N) is 1. The van der Waals surface area contributed by atoms with E-state index in [1.807, 2.05) is 6.92 Å². The lowest BCUT2D eigenvalue weighted by Gasteiger charge is -2.53. The lowest BCUT2D eigenvalue weighted by molar-refractivity contribution is -0.134. The number of benzene rings is 1. The van der Waals surface area contributed by atoms with Crippen LogP contribution in [0.15, 0.2) is 24.3 Å². The normalized spacial score (nSPS) is 31.4. The van der Waals surface area contributed by atoms with Gasteiger partial charge in [0.25, 0.3) is 0 Å². The fraction of sp³-hybridized carbons (Fsp3) is 0.643. The van der Waals surface area contributed by atoms with Crippen LogP contribution in [0.25, 0.3) is 10.6 Å². The van der Waals surface area contributed by atoms with E-state index in [1.54, 1.807) is 23.5 Å². The van der Waals surface area contributed by atoms with Crippen molar-refractivity contribution in [1.82, 2.24) is 15.2 Å². The number of ether oxygens (including phenoxy) is 1. The number of fused-ring (bicyclic) bond motifs is 2. The molecule has 36 heavy (non-hydrogen) atoms. The summed E-state index contributed by atoms with van der Waals surface area (Å²) in [7, 11) is 0. The zero-order valence-electron chi connectivity index (χ0n) is 21.5. The van der Waals surface area contributed by atoms with Crippen molar-refractivity contribution in [1.29, 1.82) is 0 Å². The molecule has 2 heterocycles. The number of carbonyl (C=O) groups is 1. The average molecular weight is 516 g/mol. The average Bonchev–Trinajstić information content (AvgIpc) is 3.28. The Kier molecular flexibility index (Phi) is 7.50. The van der Waals surface area contributed by atoms with E-state index in [0.29, 0.717) is 6.54 Å². The first-order chi connectivity index (χ1) is 17.3. The number of hydrogen-bond donors (Lipinski definition) is 2. The summed E-state index contributed by atoms with van der Waals surface area (Å²) in [6.45, 7) is 11.2. The molecule has 2 aromatic rings. The van der Waals surface area contributed by atoms with Crippen LogP contribution in [0.5, 0.6) is 0 Å². The molecular formula is C28H38FN3O3S. The third-order valence-electron chi connectivity index (χ3n) is 8.90. The van der Waals surface area contributed by atoms with Crippen LogP contribution in [-0.4, -0.2) is 66.4 Å². The first kappa shape index (κ1) is 25.8. The molecule has 0 radical (unpaired) electrons. The number of amides is 1. The largest absolute Gasteiger partial charge is 0.392 e. The maximum absolute atomic E-state index is 13.4. The van der Waals surface area contributed by atoms with Crippen molar-refractivity contribution >= 4 is 17.2 Å². The van der Waals surface area contributed by atoms with E-state index in [4.69, 9.17) is 9.72 Å². The number of rotatable bonds is 6. The molecular weight excluding hydrogens is 477 g/mol. The number of hydrogen-bond acceptors (Lipinski definition) is 6. The summed E-state index contributed by atoms with van der Waals surface area (Å²) in [4.78, 5) is 21.6. The molecule has 1 amide bonds. The van der Waals surface area contributed by atoms with Gasteiger partial charge in [-0.15, -0.1) is 11.3 Å². The molecule has 2 aliphatic carbocycles. The summed E-state index contributed by atoms with van der Waals surface area (Å²) >= 11 is 1.70. The highest BCUT2D eigenvalue weighted by atomic mass is 32.1. The smallest absolute Gasteiger partial charge is 0.223 e. The third kappa shape index (κ3) is 4.97. The molecule has 1 unspecified atom stereocenters. The first-order valence-electron chi connectivity index (χ1n) is 13.3. The zero-order valence-corrected chi connectivity index (χ0v) is 22.3. The second-order valence-electron chi connectivity index (χ2n) is 11.2. The number of carbonyl (C=O) groups excluding carboxylic acids is 1. The van der Waals surface area contributed by atoms with Gasteiger partial charge in [-0.3, -0.25) is 9.69 Å². The molecule has 1 aliphatic heterocycles. The van der Waals surface area contributed by atoms with Gasteiger partial charge < -0.3 is 15.2 Å². The minimum absolute atomic E-state index is 0.0263. The van der Waals surface area contributed by atoms with Gasteiger partial charge in [-0.2, -0.15) is 0 Å². The molecule has 2 N–H and O–H groups in total. The van der Waals surface area contributed by atoms with E-state index in [1.165, 1.54) is 17.0 Å². The van der Waals surface area contributed by atoms with Crippen LogP contribution in [0.4, 0.5) is 4.39 Å². The topological polar surface area (TPSA) is 74.7 Å². The van der Waals surface area contributed by atoms with E-state index < -0.39 is 6.10 Å². The van der Waals surface area contributed by atoms with Gasteiger partial charge in [0.05, 0.1) is 25.0 Å². The molecule has 2 fully saturated rings. The van der Waals surface area contributed by atoms with Crippen molar-refractivity contribution in [2.75, 3.05) is 39.4 Å². The van der Waals surface area contributed by atoms with E-state index in [2.05, 4.69) is 24.1 Å². The summed E-state index contributed by atoms with van der Waals surface area (Å²) in [5.74, 6) is -0.375. The quantitative estimate of drug-likeness (QED) is 0.606. The molecule has 6 nitrogen and oxygen atoms in total. The molecule has 0 bridgehead atoms. The van der Waals surface area contributed by atoms with Crippen LogP contribution >= 0.6 is 11.3 Å².